The number of nitrogens with one attached hydrogen (secondary N) is 1. The molecule has 116 valence electrons. The predicted octanol–water partition coefficient (Wildman–Crippen LogP) is 1.33. The molecule has 21 heavy (non-hydrogen) atoms. The van der Waals surface area contributed by atoms with E-state index >= 15 is 0 Å². The maximum atomic E-state index is 12.2. The number of carbonyl (C=O) groups is 2. The standard InChI is InChI=1S/C12H16NO7P/c1-17-12(15)10(21(16,18-2)19-3)13-20-11(14)9-7-5-4-6-8-9/h4-8,10,13H,1-3H3. The molecule has 1 atom stereocenters. The Bertz CT molecular complexity index is 526. The van der Waals surface area contributed by atoms with Gasteiger partial charge in [0.25, 0.3) is 0 Å². The van der Waals surface area contributed by atoms with E-state index in [1.807, 2.05) is 0 Å². The van der Waals surface area contributed by atoms with Gasteiger partial charge in [0, 0.05) is 14.2 Å². The number of hydrogen-bond donors (Lipinski definition) is 1. The highest BCUT2D eigenvalue weighted by atomic mass is 31.2. The van der Waals surface area contributed by atoms with E-state index in [9.17, 15) is 14.2 Å². The zero-order chi connectivity index (χ0) is 15.9. The number of benzene rings is 1. The first-order valence-electron chi connectivity index (χ1n) is 5.79. The van der Waals surface area contributed by atoms with Gasteiger partial charge in [-0.3, -0.25) is 4.57 Å². The molecule has 0 heterocycles. The third kappa shape index (κ3) is 4.37. The monoisotopic (exact) mass is 317 g/mol. The molecule has 9 heteroatoms. The molecular formula is C12H16NO7P. The van der Waals surface area contributed by atoms with Crippen molar-refractivity contribution in [1.29, 1.82) is 0 Å². The van der Waals surface area contributed by atoms with Crippen molar-refractivity contribution >= 4 is 19.5 Å². The Morgan fingerprint density at radius 2 is 1.67 bits per heavy atom. The summed E-state index contributed by atoms with van der Waals surface area (Å²) in [7, 11) is -0.589. The van der Waals surface area contributed by atoms with Gasteiger partial charge in [-0.05, 0) is 12.1 Å². The van der Waals surface area contributed by atoms with E-state index in [0.717, 1.165) is 21.3 Å². The lowest BCUT2D eigenvalue weighted by Crippen LogP contribution is -2.39. The van der Waals surface area contributed by atoms with Gasteiger partial charge in [0.05, 0.1) is 12.7 Å². The Kier molecular flexibility index (Phi) is 6.51. The van der Waals surface area contributed by atoms with Gasteiger partial charge >= 0.3 is 19.5 Å². The Hall–Kier alpha value is -1.73. The van der Waals surface area contributed by atoms with E-state index in [4.69, 9.17) is 4.84 Å². The second-order valence-electron chi connectivity index (χ2n) is 3.70. The predicted molar refractivity (Wildman–Crippen MR) is 72.4 cm³/mol. The summed E-state index contributed by atoms with van der Waals surface area (Å²) in [4.78, 5) is 28.1. The van der Waals surface area contributed by atoms with E-state index in [1.54, 1.807) is 18.2 Å². The number of rotatable bonds is 7. The van der Waals surface area contributed by atoms with Crippen LogP contribution in [-0.4, -0.2) is 39.1 Å². The lowest BCUT2D eigenvalue weighted by atomic mass is 10.2. The van der Waals surface area contributed by atoms with Crippen LogP contribution in [0.15, 0.2) is 30.3 Å². The van der Waals surface area contributed by atoms with Crippen LogP contribution in [0.3, 0.4) is 0 Å². The summed E-state index contributed by atoms with van der Waals surface area (Å²) in [5.41, 5.74) is 2.32. The molecule has 0 bridgehead atoms. The molecule has 0 spiro atoms. The van der Waals surface area contributed by atoms with Crippen LogP contribution >= 0.6 is 7.60 Å². The molecule has 0 saturated heterocycles. The zero-order valence-corrected chi connectivity index (χ0v) is 12.7. The molecule has 0 aliphatic rings. The van der Waals surface area contributed by atoms with E-state index in [0.29, 0.717) is 0 Å². The second kappa shape index (κ2) is 7.90. The van der Waals surface area contributed by atoms with E-state index in [-0.39, 0.29) is 5.56 Å². The zero-order valence-electron chi connectivity index (χ0n) is 11.8. The maximum Gasteiger partial charge on any atom is 0.361 e. The Labute approximate surface area is 121 Å². The highest BCUT2D eigenvalue weighted by molar-refractivity contribution is 7.55. The van der Waals surface area contributed by atoms with Gasteiger partial charge in [0.1, 0.15) is 0 Å². The van der Waals surface area contributed by atoms with Crippen LogP contribution < -0.4 is 5.48 Å². The first-order valence-corrected chi connectivity index (χ1v) is 7.40. The smallest absolute Gasteiger partial charge is 0.361 e. The van der Waals surface area contributed by atoms with Gasteiger partial charge in [0.2, 0.25) is 5.78 Å². The van der Waals surface area contributed by atoms with Gasteiger partial charge in [-0.1, -0.05) is 18.2 Å². The largest absolute Gasteiger partial charge is 0.467 e. The molecule has 0 radical (unpaired) electrons. The minimum Gasteiger partial charge on any atom is -0.467 e. The molecule has 0 aliphatic heterocycles. The highest BCUT2D eigenvalue weighted by Crippen LogP contribution is 2.50. The van der Waals surface area contributed by atoms with Crippen LogP contribution in [0.1, 0.15) is 10.4 Å². The van der Waals surface area contributed by atoms with Gasteiger partial charge in [-0.15, -0.1) is 5.48 Å². The fraction of sp³-hybridized carbons (Fsp3) is 0.333. The number of hydroxylamine groups is 1. The lowest BCUT2D eigenvalue weighted by Gasteiger charge is -2.22. The van der Waals surface area contributed by atoms with Crippen LogP contribution in [0.25, 0.3) is 0 Å². The summed E-state index contributed by atoms with van der Waals surface area (Å²) in [6.07, 6.45) is 0. The summed E-state index contributed by atoms with van der Waals surface area (Å²) >= 11 is 0. The average molecular weight is 317 g/mol. The fourth-order valence-corrected chi connectivity index (χ4v) is 2.50. The molecule has 0 fully saturated rings. The van der Waals surface area contributed by atoms with E-state index < -0.39 is 25.3 Å². The SMILES string of the molecule is COC(=O)C(NOC(=O)c1ccccc1)P(=O)(OC)OC. The third-order valence-corrected chi connectivity index (χ3v) is 4.49. The number of carbonyl (C=O) groups excluding carboxylic acids is 2. The third-order valence-electron chi connectivity index (χ3n) is 2.52. The fourth-order valence-electron chi connectivity index (χ4n) is 1.38. The lowest BCUT2D eigenvalue weighted by molar-refractivity contribution is -0.143. The van der Waals surface area contributed by atoms with Crippen LogP contribution in [0.5, 0.6) is 0 Å². The minimum atomic E-state index is -3.87. The topological polar surface area (TPSA) is 100 Å². The van der Waals surface area contributed by atoms with Crippen molar-refractivity contribution in [2.45, 2.75) is 5.78 Å². The molecular weight excluding hydrogens is 301 g/mol. The van der Waals surface area contributed by atoms with Gasteiger partial charge in [-0.2, -0.15) is 0 Å². The number of methoxy groups -OCH3 is 1. The van der Waals surface area contributed by atoms with Gasteiger partial charge in [0.15, 0.2) is 0 Å². The van der Waals surface area contributed by atoms with Crippen molar-refractivity contribution in [3.63, 3.8) is 0 Å². The van der Waals surface area contributed by atoms with Crippen LogP contribution in [0.4, 0.5) is 0 Å². The molecule has 0 amide bonds. The van der Waals surface area contributed by atoms with Crippen LogP contribution in [0.2, 0.25) is 0 Å². The van der Waals surface area contributed by atoms with Crippen molar-refractivity contribution in [1.82, 2.24) is 5.48 Å². The number of hydrogen-bond acceptors (Lipinski definition) is 8. The first kappa shape index (κ1) is 17.3. The molecule has 1 aromatic rings. The molecule has 1 aromatic carbocycles. The molecule has 0 aromatic heterocycles. The number of ether oxygens (including phenoxy) is 1. The van der Waals surface area contributed by atoms with E-state index in [2.05, 4.69) is 19.3 Å². The van der Waals surface area contributed by atoms with Crippen molar-refractivity contribution in [2.75, 3.05) is 21.3 Å². The van der Waals surface area contributed by atoms with Crippen molar-refractivity contribution in [3.05, 3.63) is 35.9 Å². The van der Waals surface area contributed by atoms with Gasteiger partial charge in [-0.25, -0.2) is 9.59 Å². The summed E-state index contributed by atoms with van der Waals surface area (Å²) in [5, 5.41) is 0. The maximum absolute atomic E-state index is 12.2. The normalized spacial score (nSPS) is 12.5. The first-order chi connectivity index (χ1) is 9.98. The van der Waals surface area contributed by atoms with E-state index in [1.165, 1.54) is 12.1 Å². The Morgan fingerprint density at radius 3 is 2.14 bits per heavy atom. The van der Waals surface area contributed by atoms with Crippen molar-refractivity contribution in [3.8, 4) is 0 Å². The van der Waals surface area contributed by atoms with Crippen LogP contribution in [0, 0.1) is 0 Å². The van der Waals surface area contributed by atoms with Gasteiger partial charge < -0.3 is 18.6 Å². The summed E-state index contributed by atoms with van der Waals surface area (Å²) in [6, 6.07) is 8.05. The van der Waals surface area contributed by atoms with Crippen molar-refractivity contribution in [2.24, 2.45) is 0 Å². The minimum absolute atomic E-state index is 0.248. The molecule has 0 saturated carbocycles. The van der Waals surface area contributed by atoms with Crippen molar-refractivity contribution < 1.29 is 32.8 Å². The summed E-state index contributed by atoms with van der Waals surface area (Å²) in [6.45, 7) is 0. The summed E-state index contributed by atoms with van der Waals surface area (Å²) < 4.78 is 26.1. The molecule has 0 aliphatic carbocycles. The number of esters is 1. The van der Waals surface area contributed by atoms with Crippen LogP contribution in [-0.2, 0) is 28.0 Å². The second-order valence-corrected chi connectivity index (χ2v) is 6.03. The highest BCUT2D eigenvalue weighted by Gasteiger charge is 2.42. The molecule has 1 unspecified atom stereocenters. The Morgan fingerprint density at radius 1 is 1.10 bits per heavy atom. The molecule has 8 nitrogen and oxygen atoms in total. The molecule has 1 rings (SSSR count). The summed E-state index contributed by atoms with van der Waals surface area (Å²) in [5.74, 6) is -3.31. The average Bonchev–Trinajstić information content (AvgIpc) is 2.54. The Balaban J connectivity index is 2.82. The molecule has 1 N–H and O–H groups in total. The quantitative estimate of drug-likeness (QED) is 0.457.